The van der Waals surface area contributed by atoms with Crippen LogP contribution in [0.25, 0.3) is 11.3 Å². The van der Waals surface area contributed by atoms with Gasteiger partial charge < -0.3 is 9.72 Å². The van der Waals surface area contributed by atoms with E-state index in [0.717, 1.165) is 12.1 Å². The van der Waals surface area contributed by atoms with Crippen molar-refractivity contribution in [3.63, 3.8) is 0 Å². The fourth-order valence-electron chi connectivity index (χ4n) is 2.25. The monoisotopic (exact) mass is 322 g/mol. The molecule has 5 nitrogen and oxygen atoms in total. The molecule has 23 heavy (non-hydrogen) atoms. The number of aromatic amines is 1. The van der Waals surface area contributed by atoms with Gasteiger partial charge in [0, 0.05) is 6.42 Å². The van der Waals surface area contributed by atoms with Gasteiger partial charge in [-0.25, -0.2) is 9.97 Å². The van der Waals surface area contributed by atoms with Gasteiger partial charge in [-0.05, 0) is 24.6 Å². The minimum absolute atomic E-state index is 0.308. The highest BCUT2D eigenvalue weighted by Crippen LogP contribution is 2.29. The van der Waals surface area contributed by atoms with Crippen LogP contribution >= 0.6 is 0 Å². The number of aryl methyl sites for hydroxylation is 1. The lowest BCUT2D eigenvalue weighted by molar-refractivity contribution is -0.137. The molecule has 0 aliphatic rings. The molecule has 2 heterocycles. The number of halogens is 3. The van der Waals surface area contributed by atoms with E-state index in [2.05, 4.69) is 19.9 Å². The highest BCUT2D eigenvalue weighted by atomic mass is 19.4. The number of alkyl halides is 3. The predicted octanol–water partition coefficient (Wildman–Crippen LogP) is 3.28. The predicted molar refractivity (Wildman–Crippen MR) is 77.2 cm³/mol. The molecule has 0 saturated heterocycles. The first-order valence-corrected chi connectivity index (χ1v) is 6.80. The molecule has 0 amide bonds. The topological polar surface area (TPSA) is 63.7 Å². The number of imidazole rings is 1. The second-order valence-corrected chi connectivity index (χ2v) is 5.05. The first-order chi connectivity index (χ1) is 10.9. The summed E-state index contributed by atoms with van der Waals surface area (Å²) in [6, 6.07) is 4.95. The first kappa shape index (κ1) is 15.3. The minimum Gasteiger partial charge on any atom is -0.480 e. The molecular weight excluding hydrogens is 309 g/mol. The Balaban J connectivity index is 1.94. The number of ether oxygens (including phenoxy) is 1. The smallest absolute Gasteiger partial charge is 0.416 e. The van der Waals surface area contributed by atoms with E-state index in [-0.39, 0.29) is 0 Å². The van der Waals surface area contributed by atoms with Crippen molar-refractivity contribution < 1.29 is 17.9 Å². The van der Waals surface area contributed by atoms with Crippen LogP contribution in [0.15, 0.2) is 24.3 Å². The van der Waals surface area contributed by atoms with Gasteiger partial charge in [0.15, 0.2) is 5.65 Å². The number of hydrogen-bond acceptors (Lipinski definition) is 4. The Morgan fingerprint density at radius 3 is 2.39 bits per heavy atom. The van der Waals surface area contributed by atoms with Crippen molar-refractivity contribution in [2.24, 2.45) is 0 Å². The lowest BCUT2D eigenvalue weighted by Crippen LogP contribution is -2.05. The largest absolute Gasteiger partial charge is 0.480 e. The Kier molecular flexibility index (Phi) is 3.67. The summed E-state index contributed by atoms with van der Waals surface area (Å²) in [5, 5.41) is 0. The van der Waals surface area contributed by atoms with Crippen molar-refractivity contribution in [2.45, 2.75) is 19.5 Å². The summed E-state index contributed by atoms with van der Waals surface area (Å²) in [6.45, 7) is 1.78. The molecule has 1 N–H and O–H groups in total. The third-order valence-corrected chi connectivity index (χ3v) is 3.33. The third-order valence-electron chi connectivity index (χ3n) is 3.33. The molecule has 0 atom stereocenters. The Hall–Kier alpha value is -2.64. The number of nitrogens with zero attached hydrogens (tertiary/aromatic N) is 3. The van der Waals surface area contributed by atoms with Crippen LogP contribution < -0.4 is 4.74 Å². The van der Waals surface area contributed by atoms with E-state index >= 15 is 0 Å². The fraction of sp³-hybridized carbons (Fsp3) is 0.267. The van der Waals surface area contributed by atoms with Gasteiger partial charge in [0.1, 0.15) is 11.5 Å². The maximum Gasteiger partial charge on any atom is 0.416 e. The van der Waals surface area contributed by atoms with E-state index in [0.29, 0.717) is 40.7 Å². The van der Waals surface area contributed by atoms with E-state index < -0.39 is 11.7 Å². The fourth-order valence-corrected chi connectivity index (χ4v) is 2.25. The zero-order chi connectivity index (χ0) is 16.6. The van der Waals surface area contributed by atoms with E-state index in [1.54, 1.807) is 6.92 Å². The molecule has 0 aliphatic heterocycles. The standard InChI is InChI=1S/C15H13F3N4O/c1-8-19-12-13(20-8)22-14(23-2)11(21-12)7-9-3-5-10(6-4-9)15(16,17)18/h3-6H,7H2,1-2H3,(H,19,20,21,22). The molecule has 2 aromatic heterocycles. The van der Waals surface area contributed by atoms with E-state index in [1.165, 1.54) is 19.2 Å². The summed E-state index contributed by atoms with van der Waals surface area (Å²) in [5.41, 5.74) is 1.49. The first-order valence-electron chi connectivity index (χ1n) is 6.80. The molecular formula is C15H13F3N4O. The highest BCUT2D eigenvalue weighted by molar-refractivity contribution is 5.66. The van der Waals surface area contributed by atoms with Crippen LogP contribution in [0.3, 0.4) is 0 Å². The van der Waals surface area contributed by atoms with Crippen LogP contribution in [-0.2, 0) is 12.6 Å². The van der Waals surface area contributed by atoms with E-state index in [4.69, 9.17) is 4.74 Å². The van der Waals surface area contributed by atoms with Crippen molar-refractivity contribution in [1.29, 1.82) is 0 Å². The maximum atomic E-state index is 12.6. The minimum atomic E-state index is -4.34. The quantitative estimate of drug-likeness (QED) is 0.804. The lowest BCUT2D eigenvalue weighted by atomic mass is 10.1. The number of hydrogen-bond donors (Lipinski definition) is 1. The van der Waals surface area contributed by atoms with Gasteiger partial charge in [0.2, 0.25) is 11.5 Å². The van der Waals surface area contributed by atoms with Crippen molar-refractivity contribution >= 4 is 11.3 Å². The maximum absolute atomic E-state index is 12.6. The molecule has 0 unspecified atom stereocenters. The summed E-state index contributed by atoms with van der Waals surface area (Å²) < 4.78 is 43.0. The average molecular weight is 322 g/mol. The summed E-state index contributed by atoms with van der Waals surface area (Å²) in [7, 11) is 1.46. The number of nitrogens with one attached hydrogen (secondary N) is 1. The average Bonchev–Trinajstić information content (AvgIpc) is 2.85. The normalized spacial score (nSPS) is 11.9. The van der Waals surface area contributed by atoms with E-state index in [9.17, 15) is 13.2 Å². The number of aromatic nitrogens is 4. The second kappa shape index (κ2) is 5.53. The van der Waals surface area contributed by atoms with Gasteiger partial charge in [-0.2, -0.15) is 18.2 Å². The molecule has 0 bridgehead atoms. The summed E-state index contributed by atoms with van der Waals surface area (Å²) >= 11 is 0. The summed E-state index contributed by atoms with van der Waals surface area (Å²) in [4.78, 5) is 15.8. The van der Waals surface area contributed by atoms with Crippen LogP contribution in [0.1, 0.15) is 22.6 Å². The van der Waals surface area contributed by atoms with Gasteiger partial charge in [-0.15, -0.1) is 0 Å². The van der Waals surface area contributed by atoms with Crippen LogP contribution in [-0.4, -0.2) is 27.0 Å². The molecule has 120 valence electrons. The number of fused-ring (bicyclic) bond motifs is 1. The number of methoxy groups -OCH3 is 1. The Morgan fingerprint density at radius 1 is 1.09 bits per heavy atom. The van der Waals surface area contributed by atoms with Gasteiger partial charge in [0.25, 0.3) is 0 Å². The van der Waals surface area contributed by atoms with Gasteiger partial charge >= 0.3 is 6.18 Å². The zero-order valence-corrected chi connectivity index (χ0v) is 12.4. The number of rotatable bonds is 3. The molecule has 0 saturated carbocycles. The second-order valence-electron chi connectivity index (χ2n) is 5.05. The van der Waals surface area contributed by atoms with Crippen LogP contribution in [0.4, 0.5) is 13.2 Å². The zero-order valence-electron chi connectivity index (χ0n) is 12.4. The van der Waals surface area contributed by atoms with Crippen LogP contribution in [0.5, 0.6) is 5.88 Å². The molecule has 0 spiro atoms. The Morgan fingerprint density at radius 2 is 1.78 bits per heavy atom. The lowest BCUT2D eigenvalue weighted by Gasteiger charge is -2.09. The van der Waals surface area contributed by atoms with Gasteiger partial charge in [-0.3, -0.25) is 0 Å². The molecule has 0 radical (unpaired) electrons. The summed E-state index contributed by atoms with van der Waals surface area (Å²) in [6.07, 6.45) is -4.04. The third kappa shape index (κ3) is 3.10. The van der Waals surface area contributed by atoms with Crippen molar-refractivity contribution in [3.8, 4) is 5.88 Å². The molecule has 1 aromatic carbocycles. The van der Waals surface area contributed by atoms with Gasteiger partial charge in [0.05, 0.1) is 12.7 Å². The Labute approximate surface area is 129 Å². The summed E-state index contributed by atoms with van der Waals surface area (Å²) in [5.74, 6) is 0.984. The molecule has 0 aliphatic carbocycles. The molecule has 3 rings (SSSR count). The van der Waals surface area contributed by atoms with Crippen LogP contribution in [0.2, 0.25) is 0 Å². The number of benzene rings is 1. The highest BCUT2D eigenvalue weighted by Gasteiger charge is 2.30. The van der Waals surface area contributed by atoms with Crippen molar-refractivity contribution in [1.82, 2.24) is 19.9 Å². The van der Waals surface area contributed by atoms with Crippen LogP contribution in [0, 0.1) is 6.92 Å². The van der Waals surface area contributed by atoms with Gasteiger partial charge in [-0.1, -0.05) is 12.1 Å². The molecule has 8 heteroatoms. The SMILES string of the molecule is COc1nc2nc(C)[nH]c2nc1Cc1ccc(C(F)(F)F)cc1. The van der Waals surface area contributed by atoms with Crippen molar-refractivity contribution in [3.05, 3.63) is 46.9 Å². The Bertz CT molecular complexity index is 840. The number of H-pyrrole nitrogens is 1. The van der Waals surface area contributed by atoms with Crippen molar-refractivity contribution in [2.75, 3.05) is 7.11 Å². The molecule has 0 fully saturated rings. The van der Waals surface area contributed by atoms with E-state index in [1.807, 2.05) is 0 Å². The molecule has 3 aromatic rings.